The molecule has 0 aromatic carbocycles. The molecule has 0 aliphatic rings. The van der Waals surface area contributed by atoms with Gasteiger partial charge in [-0.3, -0.25) is 14.4 Å². The lowest BCUT2D eigenvalue weighted by molar-refractivity contribution is -0.229. The molecule has 0 radical (unpaired) electrons. The quantitative estimate of drug-likeness (QED) is 0.452. The maximum atomic E-state index is 13.3. The van der Waals surface area contributed by atoms with Gasteiger partial charge >= 0.3 is 24.2 Å². The Bertz CT molecular complexity index is 512. The van der Waals surface area contributed by atoms with E-state index in [1.54, 1.807) is 0 Å². The van der Waals surface area contributed by atoms with Crippen LogP contribution >= 0.6 is 0 Å². The molecule has 0 aliphatic carbocycles. The van der Waals surface area contributed by atoms with Crippen molar-refractivity contribution in [3.63, 3.8) is 0 Å². The van der Waals surface area contributed by atoms with Crippen LogP contribution in [-0.2, 0) is 23.9 Å². The molecule has 0 fully saturated rings. The highest BCUT2D eigenvalue weighted by atomic mass is 19.4. The van der Waals surface area contributed by atoms with Crippen molar-refractivity contribution in [3.8, 4) is 0 Å². The molecular formula is C11H11F6NO5. The number of methoxy groups -OCH3 is 1. The SMILES string of the molecule is COC(=O)C(NC(=O)C(F)(F)F)(C(C(C)=O)C(C)=O)C(F)(F)F. The first kappa shape index (κ1) is 20.9. The van der Waals surface area contributed by atoms with Crippen molar-refractivity contribution in [1.82, 2.24) is 5.32 Å². The molecule has 23 heavy (non-hydrogen) atoms. The number of rotatable bonds is 5. The van der Waals surface area contributed by atoms with Crippen molar-refractivity contribution in [2.75, 3.05) is 7.11 Å². The van der Waals surface area contributed by atoms with Gasteiger partial charge in [-0.15, -0.1) is 0 Å². The fourth-order valence-corrected chi connectivity index (χ4v) is 1.90. The van der Waals surface area contributed by atoms with E-state index in [1.165, 1.54) is 0 Å². The minimum absolute atomic E-state index is 0.389. The number of Topliss-reactive ketones (excluding diaryl/α,β-unsaturated/α-hetero) is 2. The first-order valence-corrected chi connectivity index (χ1v) is 5.68. The molecule has 0 saturated carbocycles. The van der Waals surface area contributed by atoms with Crippen LogP contribution in [0.4, 0.5) is 26.3 Å². The molecule has 12 heteroatoms. The third-order valence-electron chi connectivity index (χ3n) is 2.77. The number of halogens is 6. The Labute approximate surface area is 125 Å². The van der Waals surface area contributed by atoms with Crippen LogP contribution in [0.1, 0.15) is 13.8 Å². The summed E-state index contributed by atoms with van der Waals surface area (Å²) in [5, 5.41) is 0.419. The van der Waals surface area contributed by atoms with Gasteiger partial charge in [0.15, 0.2) is 0 Å². The summed E-state index contributed by atoms with van der Waals surface area (Å²) < 4.78 is 80.7. The topological polar surface area (TPSA) is 89.5 Å². The lowest BCUT2D eigenvalue weighted by atomic mass is 9.77. The molecule has 0 aliphatic heterocycles. The summed E-state index contributed by atoms with van der Waals surface area (Å²) in [6.07, 6.45) is -11.7. The highest BCUT2D eigenvalue weighted by Gasteiger charge is 2.70. The van der Waals surface area contributed by atoms with Crippen molar-refractivity contribution in [3.05, 3.63) is 0 Å². The second-order valence-corrected chi connectivity index (χ2v) is 4.40. The summed E-state index contributed by atoms with van der Waals surface area (Å²) in [6, 6.07) is 0. The minimum Gasteiger partial charge on any atom is -0.467 e. The van der Waals surface area contributed by atoms with Gasteiger partial charge in [0.05, 0.1) is 7.11 Å². The first-order chi connectivity index (χ1) is 10.1. The Morgan fingerprint density at radius 3 is 1.52 bits per heavy atom. The normalized spacial score (nSPS) is 14.9. The highest BCUT2D eigenvalue weighted by molar-refractivity contribution is 6.08. The molecule has 0 heterocycles. The number of amides is 1. The van der Waals surface area contributed by atoms with Gasteiger partial charge in [0.2, 0.25) is 0 Å². The highest BCUT2D eigenvalue weighted by Crippen LogP contribution is 2.39. The fraction of sp³-hybridized carbons (Fsp3) is 0.636. The molecule has 0 aromatic heterocycles. The second-order valence-electron chi connectivity index (χ2n) is 4.40. The molecular weight excluding hydrogens is 340 g/mol. The first-order valence-electron chi connectivity index (χ1n) is 5.68. The standard InChI is InChI=1S/C11H11F6NO5/c1-4(19)6(5(2)20)9(8(22)23-3,11(15,16)17)18-7(21)10(12,13)14/h6H,1-3H3,(H,18,21). The zero-order valence-corrected chi connectivity index (χ0v) is 11.9. The number of alkyl halides is 6. The number of carbonyl (C=O) groups is 4. The number of hydrogen-bond acceptors (Lipinski definition) is 5. The van der Waals surface area contributed by atoms with E-state index in [0.717, 1.165) is 0 Å². The predicted molar refractivity (Wildman–Crippen MR) is 59.9 cm³/mol. The van der Waals surface area contributed by atoms with Crippen molar-refractivity contribution in [1.29, 1.82) is 0 Å². The molecule has 0 bridgehead atoms. The van der Waals surface area contributed by atoms with E-state index in [4.69, 9.17) is 0 Å². The van der Waals surface area contributed by atoms with Crippen LogP contribution < -0.4 is 5.32 Å². The van der Waals surface area contributed by atoms with Gasteiger partial charge in [0.25, 0.3) is 5.54 Å². The van der Waals surface area contributed by atoms with Crippen LogP contribution in [0.3, 0.4) is 0 Å². The van der Waals surface area contributed by atoms with Crippen LogP contribution in [-0.4, -0.2) is 48.4 Å². The summed E-state index contributed by atoms with van der Waals surface area (Å²) in [6.45, 7) is 0.907. The summed E-state index contributed by atoms with van der Waals surface area (Å²) >= 11 is 0. The third kappa shape index (κ3) is 3.99. The Hall–Kier alpha value is -2.14. The maximum absolute atomic E-state index is 13.3. The van der Waals surface area contributed by atoms with Crippen molar-refractivity contribution in [2.24, 2.45) is 5.92 Å². The largest absolute Gasteiger partial charge is 0.471 e. The Morgan fingerprint density at radius 2 is 1.30 bits per heavy atom. The van der Waals surface area contributed by atoms with E-state index in [2.05, 4.69) is 4.74 Å². The van der Waals surface area contributed by atoms with Crippen molar-refractivity contribution >= 4 is 23.4 Å². The van der Waals surface area contributed by atoms with E-state index in [-0.39, 0.29) is 0 Å². The monoisotopic (exact) mass is 351 g/mol. The third-order valence-corrected chi connectivity index (χ3v) is 2.77. The summed E-state index contributed by atoms with van der Waals surface area (Å²) in [5.41, 5.74) is -4.49. The van der Waals surface area contributed by atoms with E-state index in [9.17, 15) is 45.5 Å². The van der Waals surface area contributed by atoms with E-state index in [0.29, 0.717) is 26.3 Å². The molecule has 0 aromatic rings. The van der Waals surface area contributed by atoms with Gasteiger partial charge in [0.1, 0.15) is 17.5 Å². The molecule has 1 amide bonds. The summed E-state index contributed by atoms with van der Waals surface area (Å²) in [4.78, 5) is 45.2. The molecule has 1 atom stereocenters. The Balaban J connectivity index is 6.55. The van der Waals surface area contributed by atoms with Crippen LogP contribution in [0.5, 0.6) is 0 Å². The second kappa shape index (κ2) is 6.54. The smallest absolute Gasteiger partial charge is 0.467 e. The van der Waals surface area contributed by atoms with Gasteiger partial charge in [-0.2, -0.15) is 26.3 Å². The fourth-order valence-electron chi connectivity index (χ4n) is 1.90. The molecule has 0 rings (SSSR count). The zero-order chi connectivity index (χ0) is 18.8. The van der Waals surface area contributed by atoms with Gasteiger partial charge in [0, 0.05) is 0 Å². The molecule has 132 valence electrons. The van der Waals surface area contributed by atoms with E-state index in [1.807, 2.05) is 0 Å². The van der Waals surface area contributed by atoms with Gasteiger partial charge < -0.3 is 10.1 Å². The van der Waals surface area contributed by atoms with Crippen LogP contribution in [0.25, 0.3) is 0 Å². The summed E-state index contributed by atoms with van der Waals surface area (Å²) in [7, 11) is 0.389. The van der Waals surface area contributed by atoms with Gasteiger partial charge in [-0.1, -0.05) is 0 Å². The number of hydrogen-bond donors (Lipinski definition) is 1. The average molecular weight is 351 g/mol. The molecule has 1 unspecified atom stereocenters. The zero-order valence-electron chi connectivity index (χ0n) is 11.9. The lowest BCUT2D eigenvalue weighted by Crippen LogP contribution is -2.72. The molecule has 1 N–H and O–H groups in total. The number of esters is 1. The van der Waals surface area contributed by atoms with E-state index < -0.39 is 47.3 Å². The average Bonchev–Trinajstić information content (AvgIpc) is 2.32. The van der Waals surface area contributed by atoms with Gasteiger partial charge in [-0.05, 0) is 13.8 Å². The van der Waals surface area contributed by atoms with Crippen LogP contribution in [0.15, 0.2) is 0 Å². The number of ether oxygens (including phenoxy) is 1. The number of carbonyl (C=O) groups excluding carboxylic acids is 4. The molecule has 0 spiro atoms. The minimum atomic E-state index is -5.93. The van der Waals surface area contributed by atoms with Crippen molar-refractivity contribution < 1.29 is 50.3 Å². The molecule has 0 saturated heterocycles. The summed E-state index contributed by atoms with van der Waals surface area (Å²) in [5.74, 6) is -11.7. The van der Waals surface area contributed by atoms with Crippen LogP contribution in [0.2, 0.25) is 0 Å². The predicted octanol–water partition coefficient (Wildman–Crippen LogP) is 0.933. The Morgan fingerprint density at radius 1 is 0.913 bits per heavy atom. The van der Waals surface area contributed by atoms with E-state index >= 15 is 0 Å². The number of nitrogens with one attached hydrogen (secondary N) is 1. The Kier molecular flexibility index (Phi) is 5.93. The van der Waals surface area contributed by atoms with Crippen molar-refractivity contribution in [2.45, 2.75) is 31.7 Å². The lowest BCUT2D eigenvalue weighted by Gasteiger charge is -2.37. The molecule has 6 nitrogen and oxygen atoms in total. The van der Waals surface area contributed by atoms with Gasteiger partial charge in [-0.25, -0.2) is 4.79 Å². The number of ketones is 2. The van der Waals surface area contributed by atoms with Crippen LogP contribution in [0, 0.1) is 5.92 Å². The maximum Gasteiger partial charge on any atom is 0.471 e.